The van der Waals surface area contributed by atoms with Crippen LogP contribution in [-0.2, 0) is 6.54 Å². The van der Waals surface area contributed by atoms with Gasteiger partial charge in [0.1, 0.15) is 11.6 Å². The van der Waals surface area contributed by atoms with Crippen LogP contribution in [0.15, 0.2) is 36.4 Å². The number of ether oxygens (including phenoxy) is 1. The molecule has 2 aromatic rings. The molecule has 0 unspecified atom stereocenters. The molecule has 0 spiro atoms. The van der Waals surface area contributed by atoms with Gasteiger partial charge in [-0.25, -0.2) is 4.39 Å². The quantitative estimate of drug-likeness (QED) is 0.868. The Labute approximate surface area is 129 Å². The SMILES string of the molecule is COc1ccc(F)cc1-c1ccc(CNC(C)C)c(Cl)c1. The van der Waals surface area contributed by atoms with Crippen LogP contribution in [0.4, 0.5) is 4.39 Å². The molecule has 0 heterocycles. The van der Waals surface area contributed by atoms with E-state index in [9.17, 15) is 4.39 Å². The third kappa shape index (κ3) is 3.96. The monoisotopic (exact) mass is 307 g/mol. The van der Waals surface area contributed by atoms with Crippen molar-refractivity contribution in [1.29, 1.82) is 0 Å². The Kier molecular flexibility index (Phi) is 5.21. The second kappa shape index (κ2) is 6.92. The second-order valence-electron chi connectivity index (χ2n) is 5.19. The second-order valence-corrected chi connectivity index (χ2v) is 5.59. The van der Waals surface area contributed by atoms with E-state index < -0.39 is 0 Å². The Morgan fingerprint density at radius 2 is 1.95 bits per heavy atom. The van der Waals surface area contributed by atoms with Gasteiger partial charge in [-0.3, -0.25) is 0 Å². The van der Waals surface area contributed by atoms with Gasteiger partial charge in [-0.15, -0.1) is 0 Å². The fourth-order valence-electron chi connectivity index (χ4n) is 2.08. The summed E-state index contributed by atoms with van der Waals surface area (Å²) >= 11 is 6.32. The molecule has 2 aromatic carbocycles. The van der Waals surface area contributed by atoms with Crippen molar-refractivity contribution in [1.82, 2.24) is 5.32 Å². The fraction of sp³-hybridized carbons (Fsp3) is 0.294. The maximum absolute atomic E-state index is 13.5. The van der Waals surface area contributed by atoms with Gasteiger partial charge in [0.25, 0.3) is 0 Å². The van der Waals surface area contributed by atoms with Gasteiger partial charge >= 0.3 is 0 Å². The molecular formula is C17H19ClFNO. The van der Waals surface area contributed by atoms with E-state index in [0.29, 0.717) is 28.9 Å². The first-order valence-electron chi connectivity index (χ1n) is 6.87. The van der Waals surface area contributed by atoms with Crippen molar-refractivity contribution >= 4 is 11.6 Å². The highest BCUT2D eigenvalue weighted by Crippen LogP contribution is 2.33. The molecule has 0 saturated carbocycles. The van der Waals surface area contributed by atoms with E-state index in [-0.39, 0.29) is 5.82 Å². The zero-order valence-electron chi connectivity index (χ0n) is 12.4. The molecule has 2 nitrogen and oxygen atoms in total. The number of nitrogens with one attached hydrogen (secondary N) is 1. The molecule has 1 N–H and O–H groups in total. The Balaban J connectivity index is 2.34. The van der Waals surface area contributed by atoms with Crippen molar-refractivity contribution in [2.24, 2.45) is 0 Å². The summed E-state index contributed by atoms with van der Waals surface area (Å²) in [6.45, 7) is 4.87. The summed E-state index contributed by atoms with van der Waals surface area (Å²) in [4.78, 5) is 0. The van der Waals surface area contributed by atoms with Crippen LogP contribution in [0.25, 0.3) is 11.1 Å². The van der Waals surface area contributed by atoms with Gasteiger partial charge in [0.05, 0.1) is 7.11 Å². The predicted molar refractivity (Wildman–Crippen MR) is 85.4 cm³/mol. The molecule has 21 heavy (non-hydrogen) atoms. The number of halogens is 2. The predicted octanol–water partition coefficient (Wildman–Crippen LogP) is 4.65. The summed E-state index contributed by atoms with van der Waals surface area (Å²) in [7, 11) is 1.57. The van der Waals surface area contributed by atoms with E-state index >= 15 is 0 Å². The summed E-state index contributed by atoms with van der Waals surface area (Å²) in [5, 5.41) is 3.98. The Morgan fingerprint density at radius 1 is 1.19 bits per heavy atom. The van der Waals surface area contributed by atoms with Gasteiger partial charge in [0.2, 0.25) is 0 Å². The molecule has 0 amide bonds. The lowest BCUT2D eigenvalue weighted by Crippen LogP contribution is -2.21. The number of hydrogen-bond acceptors (Lipinski definition) is 2. The van der Waals surface area contributed by atoms with Gasteiger partial charge in [-0.05, 0) is 35.4 Å². The third-order valence-corrected chi connectivity index (χ3v) is 3.58. The van der Waals surface area contributed by atoms with Gasteiger partial charge in [0.15, 0.2) is 0 Å². The molecule has 0 aliphatic rings. The topological polar surface area (TPSA) is 21.3 Å². The van der Waals surface area contributed by atoms with E-state index in [4.69, 9.17) is 16.3 Å². The van der Waals surface area contributed by atoms with E-state index in [1.807, 2.05) is 18.2 Å². The normalized spacial score (nSPS) is 11.0. The number of hydrogen-bond donors (Lipinski definition) is 1. The first kappa shape index (κ1) is 15.8. The van der Waals surface area contributed by atoms with Gasteiger partial charge in [-0.2, -0.15) is 0 Å². The molecule has 0 bridgehead atoms. The number of methoxy groups -OCH3 is 1. The van der Waals surface area contributed by atoms with E-state index in [0.717, 1.165) is 11.1 Å². The van der Waals surface area contributed by atoms with Crippen LogP contribution in [0.3, 0.4) is 0 Å². The molecule has 0 radical (unpaired) electrons. The van der Waals surface area contributed by atoms with E-state index in [1.54, 1.807) is 13.2 Å². The standard InChI is InChI=1S/C17H19ClFNO/c1-11(2)20-10-13-5-4-12(8-16(13)18)15-9-14(19)6-7-17(15)21-3/h4-9,11,20H,10H2,1-3H3. The molecule has 0 fully saturated rings. The fourth-order valence-corrected chi connectivity index (χ4v) is 2.33. The maximum Gasteiger partial charge on any atom is 0.126 e. The largest absolute Gasteiger partial charge is 0.496 e. The molecule has 0 atom stereocenters. The van der Waals surface area contributed by atoms with Crippen molar-refractivity contribution in [2.45, 2.75) is 26.4 Å². The third-order valence-electron chi connectivity index (χ3n) is 3.23. The minimum Gasteiger partial charge on any atom is -0.496 e. The van der Waals surface area contributed by atoms with Crippen molar-refractivity contribution in [2.75, 3.05) is 7.11 Å². The Morgan fingerprint density at radius 3 is 2.57 bits per heavy atom. The summed E-state index contributed by atoms with van der Waals surface area (Å²) in [6, 6.07) is 10.6. The average molecular weight is 308 g/mol. The lowest BCUT2D eigenvalue weighted by molar-refractivity contribution is 0.415. The molecular weight excluding hydrogens is 289 g/mol. The molecule has 0 aliphatic carbocycles. The van der Waals surface area contributed by atoms with Gasteiger partial charge < -0.3 is 10.1 Å². The highest BCUT2D eigenvalue weighted by Gasteiger charge is 2.10. The molecule has 112 valence electrons. The van der Waals surface area contributed by atoms with E-state index in [1.165, 1.54) is 12.1 Å². The average Bonchev–Trinajstić information content (AvgIpc) is 2.45. The molecule has 4 heteroatoms. The Bertz CT molecular complexity index is 628. The van der Waals surface area contributed by atoms with Crippen LogP contribution < -0.4 is 10.1 Å². The number of rotatable bonds is 5. The van der Waals surface area contributed by atoms with Crippen molar-refractivity contribution < 1.29 is 9.13 Å². The van der Waals surface area contributed by atoms with Crippen LogP contribution in [0, 0.1) is 5.82 Å². The van der Waals surface area contributed by atoms with Gasteiger partial charge in [0, 0.05) is 23.2 Å². The molecule has 2 rings (SSSR count). The molecule has 0 saturated heterocycles. The molecule has 0 aliphatic heterocycles. The first-order valence-corrected chi connectivity index (χ1v) is 7.24. The zero-order valence-corrected chi connectivity index (χ0v) is 13.2. The van der Waals surface area contributed by atoms with Crippen LogP contribution in [-0.4, -0.2) is 13.2 Å². The van der Waals surface area contributed by atoms with Crippen molar-refractivity contribution in [3.05, 3.63) is 52.8 Å². The van der Waals surface area contributed by atoms with Crippen molar-refractivity contribution in [3.8, 4) is 16.9 Å². The van der Waals surface area contributed by atoms with Crippen LogP contribution in [0.2, 0.25) is 5.02 Å². The first-order chi connectivity index (χ1) is 10.0. The summed E-state index contributed by atoms with van der Waals surface area (Å²) in [5.74, 6) is 0.327. The number of benzene rings is 2. The minimum atomic E-state index is -0.299. The summed E-state index contributed by atoms with van der Waals surface area (Å²) < 4.78 is 18.7. The van der Waals surface area contributed by atoms with Gasteiger partial charge in [-0.1, -0.05) is 37.6 Å². The smallest absolute Gasteiger partial charge is 0.126 e. The van der Waals surface area contributed by atoms with E-state index in [2.05, 4.69) is 19.2 Å². The lowest BCUT2D eigenvalue weighted by atomic mass is 10.0. The lowest BCUT2D eigenvalue weighted by Gasteiger charge is -2.12. The highest BCUT2D eigenvalue weighted by molar-refractivity contribution is 6.31. The zero-order chi connectivity index (χ0) is 15.4. The van der Waals surface area contributed by atoms with Crippen molar-refractivity contribution in [3.63, 3.8) is 0 Å². The van der Waals surface area contributed by atoms with Crippen LogP contribution in [0.1, 0.15) is 19.4 Å². The Hall–Kier alpha value is -1.58. The van der Waals surface area contributed by atoms with Crippen LogP contribution >= 0.6 is 11.6 Å². The molecule has 0 aromatic heterocycles. The summed E-state index contributed by atoms with van der Waals surface area (Å²) in [5.41, 5.74) is 2.55. The highest BCUT2D eigenvalue weighted by atomic mass is 35.5. The van der Waals surface area contributed by atoms with Crippen LogP contribution in [0.5, 0.6) is 5.75 Å². The minimum absolute atomic E-state index is 0.299. The summed E-state index contributed by atoms with van der Waals surface area (Å²) in [6.07, 6.45) is 0. The maximum atomic E-state index is 13.5.